The number of halogens is 1. The van der Waals surface area contributed by atoms with Crippen molar-refractivity contribution in [3.8, 4) is 0 Å². The summed E-state index contributed by atoms with van der Waals surface area (Å²) in [6.45, 7) is 6.42. The molecule has 126 valence electrons. The van der Waals surface area contributed by atoms with Crippen molar-refractivity contribution < 1.29 is 0 Å². The van der Waals surface area contributed by atoms with Gasteiger partial charge in [0.1, 0.15) is 5.82 Å². The second-order valence-electron chi connectivity index (χ2n) is 6.42. The average molecular weight is 349 g/mol. The molecule has 4 rings (SSSR count). The number of hydrogen-bond donors (Lipinski definition) is 1. The number of anilines is 2. The zero-order chi connectivity index (χ0) is 16.7. The molecule has 0 saturated heterocycles. The molecular formula is C22H21ClN2. The van der Waals surface area contributed by atoms with Crippen molar-refractivity contribution in [1.29, 1.82) is 0 Å². The normalized spacial score (nSPS) is 10.7. The zero-order valence-electron chi connectivity index (χ0n) is 14.6. The number of fused-ring (bicyclic) bond motifs is 3. The summed E-state index contributed by atoms with van der Waals surface area (Å²) in [6, 6.07) is 21.2. The minimum atomic E-state index is 0. The molecule has 3 heteroatoms. The highest BCUT2D eigenvalue weighted by Crippen LogP contribution is 2.32. The fourth-order valence-corrected chi connectivity index (χ4v) is 3.49. The molecule has 0 unspecified atom stereocenters. The lowest BCUT2D eigenvalue weighted by Crippen LogP contribution is -2.00. The monoisotopic (exact) mass is 348 g/mol. The molecular weight excluding hydrogens is 328 g/mol. The maximum absolute atomic E-state index is 4.89. The number of nitrogens with zero attached hydrogens (tertiary/aromatic N) is 1. The molecule has 3 aromatic carbocycles. The van der Waals surface area contributed by atoms with Gasteiger partial charge in [-0.1, -0.05) is 60.2 Å². The summed E-state index contributed by atoms with van der Waals surface area (Å²) < 4.78 is 0. The molecule has 0 atom stereocenters. The quantitative estimate of drug-likeness (QED) is 0.419. The van der Waals surface area contributed by atoms with E-state index in [2.05, 4.69) is 80.7 Å². The van der Waals surface area contributed by atoms with Crippen molar-refractivity contribution >= 4 is 45.6 Å². The molecule has 0 saturated carbocycles. The van der Waals surface area contributed by atoms with Gasteiger partial charge >= 0.3 is 0 Å². The molecule has 0 aliphatic rings. The van der Waals surface area contributed by atoms with Crippen molar-refractivity contribution in [1.82, 2.24) is 4.98 Å². The summed E-state index contributed by atoms with van der Waals surface area (Å²) in [4.78, 5) is 4.89. The van der Waals surface area contributed by atoms with Crippen molar-refractivity contribution in [2.24, 2.45) is 0 Å². The van der Waals surface area contributed by atoms with E-state index in [1.165, 1.54) is 27.5 Å². The Balaban J connectivity index is 0.00000182. The highest BCUT2D eigenvalue weighted by Gasteiger charge is 2.10. The number of rotatable bonds is 2. The van der Waals surface area contributed by atoms with Gasteiger partial charge in [0, 0.05) is 16.5 Å². The van der Waals surface area contributed by atoms with E-state index in [1.807, 2.05) is 6.07 Å². The SMILES string of the molecule is Cc1cc(C)c(Nc2nc3ccccc3c3ccccc23)c(C)c1.Cl. The smallest absolute Gasteiger partial charge is 0.139 e. The van der Waals surface area contributed by atoms with Crippen LogP contribution in [-0.4, -0.2) is 4.98 Å². The van der Waals surface area contributed by atoms with E-state index >= 15 is 0 Å². The van der Waals surface area contributed by atoms with E-state index in [9.17, 15) is 0 Å². The lowest BCUT2D eigenvalue weighted by Gasteiger charge is -2.16. The third kappa shape index (κ3) is 3.06. The largest absolute Gasteiger partial charge is 0.339 e. The summed E-state index contributed by atoms with van der Waals surface area (Å²) in [5.41, 5.74) is 5.93. The van der Waals surface area contributed by atoms with E-state index in [4.69, 9.17) is 4.98 Å². The minimum absolute atomic E-state index is 0. The standard InChI is InChI=1S/C22H20N2.ClH/c1-14-12-15(2)21(16(3)13-14)24-22-19-10-5-4-8-17(19)18-9-6-7-11-20(18)23-22;/h4-13H,1-3H3,(H,23,24);1H. The first-order valence-corrected chi connectivity index (χ1v) is 8.26. The van der Waals surface area contributed by atoms with Gasteiger partial charge < -0.3 is 5.32 Å². The van der Waals surface area contributed by atoms with Crippen molar-refractivity contribution in [2.45, 2.75) is 20.8 Å². The van der Waals surface area contributed by atoms with Crippen LogP contribution in [0.1, 0.15) is 16.7 Å². The minimum Gasteiger partial charge on any atom is -0.339 e. The number of hydrogen-bond acceptors (Lipinski definition) is 2. The Hall–Kier alpha value is -2.58. The number of aryl methyl sites for hydroxylation is 3. The summed E-state index contributed by atoms with van der Waals surface area (Å²) in [7, 11) is 0. The molecule has 0 radical (unpaired) electrons. The molecule has 1 N–H and O–H groups in total. The van der Waals surface area contributed by atoms with E-state index in [1.54, 1.807) is 0 Å². The molecule has 4 aromatic rings. The van der Waals surface area contributed by atoms with Gasteiger partial charge in [-0.15, -0.1) is 12.4 Å². The zero-order valence-corrected chi connectivity index (χ0v) is 15.4. The second-order valence-corrected chi connectivity index (χ2v) is 6.42. The first-order chi connectivity index (χ1) is 11.6. The summed E-state index contributed by atoms with van der Waals surface area (Å²) >= 11 is 0. The topological polar surface area (TPSA) is 24.9 Å². The van der Waals surface area contributed by atoms with E-state index in [0.717, 1.165) is 22.4 Å². The predicted molar refractivity (Wildman–Crippen MR) is 110 cm³/mol. The Morgan fingerprint density at radius 2 is 1.28 bits per heavy atom. The van der Waals surface area contributed by atoms with Crippen LogP contribution in [0.3, 0.4) is 0 Å². The maximum Gasteiger partial charge on any atom is 0.139 e. The molecule has 1 aromatic heterocycles. The molecule has 0 bridgehead atoms. The van der Waals surface area contributed by atoms with Crippen LogP contribution in [0.15, 0.2) is 60.7 Å². The number of pyridine rings is 1. The molecule has 0 fully saturated rings. The number of benzene rings is 3. The van der Waals surface area contributed by atoms with Gasteiger partial charge in [-0.25, -0.2) is 4.98 Å². The van der Waals surface area contributed by atoms with Crippen LogP contribution in [0.5, 0.6) is 0 Å². The number of aromatic nitrogens is 1. The molecule has 0 aliphatic heterocycles. The first-order valence-electron chi connectivity index (χ1n) is 8.26. The van der Waals surface area contributed by atoms with E-state index in [-0.39, 0.29) is 12.4 Å². The van der Waals surface area contributed by atoms with E-state index in [0.29, 0.717) is 0 Å². The van der Waals surface area contributed by atoms with Crippen LogP contribution in [0.4, 0.5) is 11.5 Å². The Bertz CT molecular complexity index is 1050. The van der Waals surface area contributed by atoms with Gasteiger partial charge in [0.05, 0.1) is 5.52 Å². The molecule has 0 aliphatic carbocycles. The van der Waals surface area contributed by atoms with Crippen molar-refractivity contribution in [2.75, 3.05) is 5.32 Å². The lowest BCUT2D eigenvalue weighted by molar-refractivity contribution is 1.29. The summed E-state index contributed by atoms with van der Waals surface area (Å²) in [5, 5.41) is 7.16. The molecule has 25 heavy (non-hydrogen) atoms. The van der Waals surface area contributed by atoms with Gasteiger partial charge in [0.25, 0.3) is 0 Å². The van der Waals surface area contributed by atoms with Crippen LogP contribution in [0.2, 0.25) is 0 Å². The van der Waals surface area contributed by atoms with Crippen LogP contribution in [0, 0.1) is 20.8 Å². The number of nitrogens with one attached hydrogen (secondary N) is 1. The highest BCUT2D eigenvalue weighted by molar-refractivity contribution is 6.10. The van der Waals surface area contributed by atoms with Gasteiger partial charge in [-0.2, -0.15) is 0 Å². The lowest BCUT2D eigenvalue weighted by atomic mass is 10.0. The van der Waals surface area contributed by atoms with Crippen molar-refractivity contribution in [3.05, 3.63) is 77.4 Å². The summed E-state index contributed by atoms with van der Waals surface area (Å²) in [5.74, 6) is 0.916. The third-order valence-electron chi connectivity index (χ3n) is 4.53. The maximum atomic E-state index is 4.89. The van der Waals surface area contributed by atoms with Crippen LogP contribution in [0.25, 0.3) is 21.7 Å². The van der Waals surface area contributed by atoms with Crippen LogP contribution >= 0.6 is 12.4 Å². The van der Waals surface area contributed by atoms with Gasteiger partial charge in [0.2, 0.25) is 0 Å². The first kappa shape index (κ1) is 17.2. The second kappa shape index (κ2) is 6.73. The fourth-order valence-electron chi connectivity index (χ4n) is 3.49. The number of para-hydroxylation sites is 1. The van der Waals surface area contributed by atoms with Crippen LogP contribution in [-0.2, 0) is 0 Å². The molecule has 0 amide bonds. The van der Waals surface area contributed by atoms with E-state index < -0.39 is 0 Å². The van der Waals surface area contributed by atoms with Crippen molar-refractivity contribution in [3.63, 3.8) is 0 Å². The van der Waals surface area contributed by atoms with Gasteiger partial charge in [-0.05, 0) is 43.4 Å². The average Bonchev–Trinajstić information content (AvgIpc) is 2.58. The Morgan fingerprint density at radius 3 is 1.96 bits per heavy atom. The third-order valence-corrected chi connectivity index (χ3v) is 4.53. The van der Waals surface area contributed by atoms with Gasteiger partial charge in [-0.3, -0.25) is 0 Å². The highest BCUT2D eigenvalue weighted by atomic mass is 35.5. The fraction of sp³-hybridized carbons (Fsp3) is 0.136. The Labute approximate surface area is 154 Å². The Kier molecular flexibility index (Phi) is 4.65. The van der Waals surface area contributed by atoms with Crippen LogP contribution < -0.4 is 5.32 Å². The molecule has 0 spiro atoms. The van der Waals surface area contributed by atoms with Gasteiger partial charge in [0.15, 0.2) is 0 Å². The Morgan fingerprint density at radius 1 is 0.720 bits per heavy atom. The molecule has 1 heterocycles. The predicted octanol–water partition coefficient (Wildman–Crippen LogP) is 6.48. The molecule has 2 nitrogen and oxygen atoms in total. The summed E-state index contributed by atoms with van der Waals surface area (Å²) in [6.07, 6.45) is 0.